The molecule has 2 nitrogen and oxygen atoms in total. The number of fused-ring (bicyclic) bond motifs is 1. The van der Waals surface area contributed by atoms with Gasteiger partial charge in [-0.25, -0.2) is 0 Å². The second-order valence-electron chi connectivity index (χ2n) is 5.56. The van der Waals surface area contributed by atoms with E-state index < -0.39 is 0 Å². The molecule has 0 radical (unpaired) electrons. The molecule has 1 aliphatic carbocycles. The fourth-order valence-corrected chi connectivity index (χ4v) is 2.93. The average Bonchev–Trinajstić information content (AvgIpc) is 2.33. The summed E-state index contributed by atoms with van der Waals surface area (Å²) in [6, 6.07) is 7.07. The third-order valence-electron chi connectivity index (χ3n) is 4.17. The van der Waals surface area contributed by atoms with Crippen LogP contribution in [0, 0.1) is 5.92 Å². The molecule has 0 amide bonds. The Hall–Kier alpha value is -1.02. The Balaban J connectivity index is 1.73. The molecule has 1 aliphatic heterocycles. The van der Waals surface area contributed by atoms with Crippen molar-refractivity contribution in [2.24, 2.45) is 5.92 Å². The molecule has 1 fully saturated rings. The zero-order chi connectivity index (χ0) is 11.7. The van der Waals surface area contributed by atoms with E-state index in [2.05, 4.69) is 35.5 Å². The number of hydrogen-bond acceptors (Lipinski definition) is 2. The van der Waals surface area contributed by atoms with Gasteiger partial charge in [0.05, 0.1) is 0 Å². The van der Waals surface area contributed by atoms with Gasteiger partial charge in [-0.1, -0.05) is 6.07 Å². The molecule has 2 heteroatoms. The van der Waals surface area contributed by atoms with E-state index in [1.807, 2.05) is 0 Å². The van der Waals surface area contributed by atoms with E-state index >= 15 is 0 Å². The molecule has 0 spiro atoms. The number of anilines is 1. The van der Waals surface area contributed by atoms with Gasteiger partial charge < -0.3 is 10.2 Å². The van der Waals surface area contributed by atoms with Crippen LogP contribution in [0.3, 0.4) is 0 Å². The highest BCUT2D eigenvalue weighted by Crippen LogP contribution is 2.26. The molecule has 0 unspecified atom stereocenters. The first-order valence-electron chi connectivity index (χ1n) is 6.86. The van der Waals surface area contributed by atoms with Crippen LogP contribution in [0.25, 0.3) is 0 Å². The van der Waals surface area contributed by atoms with Gasteiger partial charge in [0.15, 0.2) is 0 Å². The first-order valence-corrected chi connectivity index (χ1v) is 6.86. The Morgan fingerprint density at radius 1 is 1.18 bits per heavy atom. The highest BCUT2D eigenvalue weighted by atomic mass is 15.1. The van der Waals surface area contributed by atoms with Crippen molar-refractivity contribution in [3.8, 4) is 0 Å². The predicted octanol–water partition coefficient (Wildman–Crippen LogP) is 2.22. The second-order valence-corrected chi connectivity index (χ2v) is 5.56. The standard InChI is InChI=1S/C15H22N2/c1-17(11-12-9-16-10-12)15-7-6-13-4-2-3-5-14(13)8-15/h6-8,12,16H,2-5,9-11H2,1H3. The second kappa shape index (κ2) is 4.69. The van der Waals surface area contributed by atoms with Crippen molar-refractivity contribution in [1.29, 1.82) is 0 Å². The van der Waals surface area contributed by atoms with E-state index in [4.69, 9.17) is 0 Å². The molecule has 3 rings (SSSR count). The van der Waals surface area contributed by atoms with Gasteiger partial charge in [-0.15, -0.1) is 0 Å². The number of benzene rings is 1. The zero-order valence-corrected chi connectivity index (χ0v) is 10.7. The molecule has 1 heterocycles. The lowest BCUT2D eigenvalue weighted by molar-refractivity contribution is 0.353. The molecule has 0 aromatic heterocycles. The minimum absolute atomic E-state index is 0.844. The lowest BCUT2D eigenvalue weighted by Gasteiger charge is -2.32. The Morgan fingerprint density at radius 2 is 1.94 bits per heavy atom. The van der Waals surface area contributed by atoms with Crippen molar-refractivity contribution in [3.05, 3.63) is 29.3 Å². The van der Waals surface area contributed by atoms with Gasteiger partial charge in [-0.3, -0.25) is 0 Å². The van der Waals surface area contributed by atoms with Crippen LogP contribution < -0.4 is 10.2 Å². The number of aryl methyl sites for hydroxylation is 2. The van der Waals surface area contributed by atoms with Gasteiger partial charge >= 0.3 is 0 Å². The minimum Gasteiger partial charge on any atom is -0.374 e. The van der Waals surface area contributed by atoms with Crippen LogP contribution in [0.15, 0.2) is 18.2 Å². The molecule has 2 aliphatic rings. The Bertz CT molecular complexity index is 396. The number of hydrogen-bond donors (Lipinski definition) is 1. The highest BCUT2D eigenvalue weighted by Gasteiger charge is 2.19. The van der Waals surface area contributed by atoms with Crippen LogP contribution in [0.2, 0.25) is 0 Å². The summed E-state index contributed by atoms with van der Waals surface area (Å²) in [6.07, 6.45) is 5.30. The van der Waals surface area contributed by atoms with E-state index in [-0.39, 0.29) is 0 Å². The summed E-state index contributed by atoms with van der Waals surface area (Å²) in [5.41, 5.74) is 4.57. The average molecular weight is 230 g/mol. The van der Waals surface area contributed by atoms with Gasteiger partial charge in [-0.2, -0.15) is 0 Å². The van der Waals surface area contributed by atoms with Gasteiger partial charge in [0, 0.05) is 38.3 Å². The zero-order valence-electron chi connectivity index (χ0n) is 10.7. The van der Waals surface area contributed by atoms with Crippen LogP contribution in [0.1, 0.15) is 24.0 Å². The van der Waals surface area contributed by atoms with Gasteiger partial charge in [-0.05, 0) is 48.9 Å². The summed E-state index contributed by atoms with van der Waals surface area (Å²) in [4.78, 5) is 2.42. The van der Waals surface area contributed by atoms with Crippen LogP contribution in [0.5, 0.6) is 0 Å². The highest BCUT2D eigenvalue weighted by molar-refractivity contribution is 5.51. The topological polar surface area (TPSA) is 15.3 Å². The van der Waals surface area contributed by atoms with Gasteiger partial charge in [0.1, 0.15) is 0 Å². The largest absolute Gasteiger partial charge is 0.374 e. The van der Waals surface area contributed by atoms with Crippen molar-refractivity contribution in [1.82, 2.24) is 5.32 Å². The molecular formula is C15H22N2. The van der Waals surface area contributed by atoms with Crippen molar-refractivity contribution < 1.29 is 0 Å². The third kappa shape index (κ3) is 2.32. The fourth-order valence-electron chi connectivity index (χ4n) is 2.93. The molecule has 0 saturated carbocycles. The van der Waals surface area contributed by atoms with Crippen LogP contribution in [-0.4, -0.2) is 26.7 Å². The van der Waals surface area contributed by atoms with Crippen LogP contribution in [-0.2, 0) is 12.8 Å². The fraction of sp³-hybridized carbons (Fsp3) is 0.600. The van der Waals surface area contributed by atoms with Crippen molar-refractivity contribution in [2.75, 3.05) is 31.6 Å². The molecule has 1 saturated heterocycles. The number of rotatable bonds is 3. The van der Waals surface area contributed by atoms with Crippen molar-refractivity contribution in [2.45, 2.75) is 25.7 Å². The predicted molar refractivity (Wildman–Crippen MR) is 72.7 cm³/mol. The van der Waals surface area contributed by atoms with E-state index in [1.165, 1.54) is 51.0 Å². The number of nitrogens with one attached hydrogen (secondary N) is 1. The first kappa shape index (κ1) is 11.1. The van der Waals surface area contributed by atoms with Crippen LogP contribution >= 0.6 is 0 Å². The lowest BCUT2D eigenvalue weighted by Crippen LogP contribution is -2.47. The smallest absolute Gasteiger partial charge is 0.0366 e. The maximum Gasteiger partial charge on any atom is 0.0366 e. The van der Waals surface area contributed by atoms with E-state index in [9.17, 15) is 0 Å². The monoisotopic (exact) mass is 230 g/mol. The summed E-state index contributed by atoms with van der Waals surface area (Å²) < 4.78 is 0. The Kier molecular flexibility index (Phi) is 3.06. The van der Waals surface area contributed by atoms with Crippen molar-refractivity contribution >= 4 is 5.69 Å². The summed E-state index contributed by atoms with van der Waals surface area (Å²) in [5, 5.41) is 3.34. The lowest BCUT2D eigenvalue weighted by atomic mass is 9.91. The number of nitrogens with zero attached hydrogens (tertiary/aromatic N) is 1. The molecule has 92 valence electrons. The van der Waals surface area contributed by atoms with Gasteiger partial charge in [0.2, 0.25) is 0 Å². The SMILES string of the molecule is CN(CC1CNC1)c1ccc2c(c1)CCCC2. The first-order chi connectivity index (χ1) is 8.33. The normalized spacial score (nSPS) is 19.6. The Labute approximate surface area is 104 Å². The molecule has 1 aromatic rings. The molecule has 0 bridgehead atoms. The third-order valence-corrected chi connectivity index (χ3v) is 4.17. The summed E-state index contributed by atoms with van der Waals surface area (Å²) >= 11 is 0. The Morgan fingerprint density at radius 3 is 2.65 bits per heavy atom. The summed E-state index contributed by atoms with van der Waals surface area (Å²) in [6.45, 7) is 3.57. The quantitative estimate of drug-likeness (QED) is 0.856. The molecule has 1 N–H and O–H groups in total. The minimum atomic E-state index is 0.844. The van der Waals surface area contributed by atoms with E-state index in [0.717, 1.165) is 5.92 Å². The van der Waals surface area contributed by atoms with E-state index in [0.29, 0.717) is 0 Å². The summed E-state index contributed by atoms with van der Waals surface area (Å²) in [7, 11) is 2.23. The molecule has 0 atom stereocenters. The van der Waals surface area contributed by atoms with Crippen molar-refractivity contribution in [3.63, 3.8) is 0 Å². The van der Waals surface area contributed by atoms with Crippen LogP contribution in [0.4, 0.5) is 5.69 Å². The van der Waals surface area contributed by atoms with Gasteiger partial charge in [0.25, 0.3) is 0 Å². The summed E-state index contributed by atoms with van der Waals surface area (Å²) in [5.74, 6) is 0.844. The maximum atomic E-state index is 3.34. The molecule has 1 aromatic carbocycles. The molecular weight excluding hydrogens is 208 g/mol. The maximum absolute atomic E-state index is 3.34. The molecule has 17 heavy (non-hydrogen) atoms. The van der Waals surface area contributed by atoms with E-state index in [1.54, 1.807) is 11.1 Å².